The summed E-state index contributed by atoms with van der Waals surface area (Å²) in [5.41, 5.74) is 0.802. The molecule has 0 bridgehead atoms. The Kier molecular flexibility index (Phi) is 4.46. The second-order valence-corrected chi connectivity index (χ2v) is 4.44. The van der Waals surface area contributed by atoms with Crippen molar-refractivity contribution < 1.29 is 0 Å². The smallest absolute Gasteiger partial charge is 0.203 e. The Balaban J connectivity index is 2.13. The van der Waals surface area contributed by atoms with Gasteiger partial charge in [0, 0.05) is 38.6 Å². The first-order valence-corrected chi connectivity index (χ1v) is 6.45. The summed E-state index contributed by atoms with van der Waals surface area (Å²) in [7, 11) is 2.08. The van der Waals surface area contributed by atoms with Crippen molar-refractivity contribution in [3.8, 4) is 0 Å². The molecule has 102 valence electrons. The highest BCUT2D eigenvalue weighted by Gasteiger charge is 2.12. The Morgan fingerprint density at radius 1 is 1.42 bits per heavy atom. The first-order chi connectivity index (χ1) is 9.26. The van der Waals surface area contributed by atoms with Crippen molar-refractivity contribution in [1.82, 2.24) is 24.5 Å². The fourth-order valence-corrected chi connectivity index (χ4v) is 1.99. The lowest BCUT2D eigenvalue weighted by atomic mass is 10.4. The summed E-state index contributed by atoms with van der Waals surface area (Å²) in [6.07, 6.45) is 7.24. The van der Waals surface area contributed by atoms with E-state index in [-0.39, 0.29) is 0 Å². The third-order valence-corrected chi connectivity index (χ3v) is 3.07. The molecular formula is C13H20N6. The van der Waals surface area contributed by atoms with Crippen molar-refractivity contribution in [2.45, 2.75) is 6.92 Å². The molecule has 2 aromatic heterocycles. The van der Waals surface area contributed by atoms with Gasteiger partial charge in [0.2, 0.25) is 5.65 Å². The maximum absolute atomic E-state index is 4.44. The predicted octanol–water partition coefficient (Wildman–Crippen LogP) is 1.07. The van der Waals surface area contributed by atoms with Gasteiger partial charge in [0.15, 0.2) is 5.82 Å². The van der Waals surface area contributed by atoms with Gasteiger partial charge in [-0.05, 0) is 14.0 Å². The van der Waals surface area contributed by atoms with Gasteiger partial charge < -0.3 is 9.80 Å². The fourth-order valence-electron chi connectivity index (χ4n) is 1.99. The maximum Gasteiger partial charge on any atom is 0.203 e. The van der Waals surface area contributed by atoms with E-state index in [9.17, 15) is 0 Å². The minimum absolute atomic E-state index is 0.802. The van der Waals surface area contributed by atoms with Gasteiger partial charge in [-0.1, -0.05) is 6.08 Å². The number of aromatic nitrogens is 4. The van der Waals surface area contributed by atoms with Crippen LogP contribution in [-0.4, -0.2) is 57.7 Å². The topological polar surface area (TPSA) is 49.6 Å². The summed E-state index contributed by atoms with van der Waals surface area (Å²) < 4.78 is 1.89. The molecule has 0 N–H and O–H groups in total. The fraction of sp³-hybridized carbons (Fsp3) is 0.462. The van der Waals surface area contributed by atoms with Gasteiger partial charge in [-0.2, -0.15) is 0 Å². The molecule has 0 spiro atoms. The Bertz CT molecular complexity index is 535. The van der Waals surface area contributed by atoms with Crippen LogP contribution < -0.4 is 4.90 Å². The zero-order chi connectivity index (χ0) is 13.7. The SMILES string of the molecule is C=CCN(C)CCN(CC)c1nccn2cnnc12. The lowest BCUT2D eigenvalue weighted by molar-refractivity contribution is 0.376. The highest BCUT2D eigenvalue weighted by atomic mass is 15.3. The second-order valence-electron chi connectivity index (χ2n) is 4.44. The van der Waals surface area contributed by atoms with Crippen LogP contribution in [0.3, 0.4) is 0 Å². The van der Waals surface area contributed by atoms with Crippen LogP contribution in [-0.2, 0) is 0 Å². The molecule has 0 amide bonds. The number of rotatable bonds is 7. The number of anilines is 1. The molecule has 0 saturated carbocycles. The molecule has 0 aliphatic heterocycles. The van der Waals surface area contributed by atoms with E-state index in [1.807, 2.05) is 16.7 Å². The maximum atomic E-state index is 4.44. The van der Waals surface area contributed by atoms with Crippen LogP contribution in [0.1, 0.15) is 6.92 Å². The Labute approximate surface area is 113 Å². The summed E-state index contributed by atoms with van der Waals surface area (Å²) in [4.78, 5) is 8.87. The molecule has 0 unspecified atom stereocenters. The number of hydrogen-bond donors (Lipinski definition) is 0. The minimum Gasteiger partial charge on any atom is -0.352 e. The van der Waals surface area contributed by atoms with E-state index in [1.54, 1.807) is 12.5 Å². The van der Waals surface area contributed by atoms with E-state index >= 15 is 0 Å². The summed E-state index contributed by atoms with van der Waals surface area (Å²) in [5.74, 6) is 0.884. The molecule has 6 heteroatoms. The van der Waals surface area contributed by atoms with E-state index in [1.165, 1.54) is 0 Å². The van der Waals surface area contributed by atoms with Gasteiger partial charge in [-0.15, -0.1) is 16.8 Å². The molecule has 0 aliphatic rings. The van der Waals surface area contributed by atoms with Gasteiger partial charge in [-0.3, -0.25) is 4.40 Å². The molecule has 6 nitrogen and oxygen atoms in total. The quantitative estimate of drug-likeness (QED) is 0.697. The molecule has 19 heavy (non-hydrogen) atoms. The van der Waals surface area contributed by atoms with Crippen molar-refractivity contribution in [1.29, 1.82) is 0 Å². The molecule has 2 aromatic rings. The van der Waals surface area contributed by atoms with E-state index in [0.29, 0.717) is 0 Å². The Morgan fingerprint density at radius 2 is 2.26 bits per heavy atom. The van der Waals surface area contributed by atoms with Crippen molar-refractivity contribution in [3.63, 3.8) is 0 Å². The number of nitrogens with zero attached hydrogens (tertiary/aromatic N) is 6. The van der Waals surface area contributed by atoms with Crippen LogP contribution >= 0.6 is 0 Å². The Hall–Kier alpha value is -1.95. The number of likely N-dealkylation sites (N-methyl/N-ethyl adjacent to an activating group) is 2. The molecule has 0 aromatic carbocycles. The van der Waals surface area contributed by atoms with Crippen LogP contribution in [0.25, 0.3) is 5.65 Å². The molecule has 0 fully saturated rings. The first kappa shape index (κ1) is 13.5. The van der Waals surface area contributed by atoms with Crippen LogP contribution in [0.2, 0.25) is 0 Å². The van der Waals surface area contributed by atoms with Crippen LogP contribution in [0.4, 0.5) is 5.82 Å². The predicted molar refractivity (Wildman–Crippen MR) is 76.4 cm³/mol. The van der Waals surface area contributed by atoms with Crippen molar-refractivity contribution in [2.75, 3.05) is 38.1 Å². The number of fused-ring (bicyclic) bond motifs is 1. The lowest BCUT2D eigenvalue weighted by Gasteiger charge is -2.24. The average Bonchev–Trinajstić information content (AvgIpc) is 2.88. The van der Waals surface area contributed by atoms with Gasteiger partial charge in [0.05, 0.1) is 0 Å². The average molecular weight is 260 g/mol. The van der Waals surface area contributed by atoms with Gasteiger partial charge >= 0.3 is 0 Å². The molecular weight excluding hydrogens is 240 g/mol. The van der Waals surface area contributed by atoms with Crippen molar-refractivity contribution >= 4 is 11.5 Å². The molecule has 0 atom stereocenters. The first-order valence-electron chi connectivity index (χ1n) is 6.45. The summed E-state index contributed by atoms with van der Waals surface area (Å²) in [5, 5.41) is 8.06. The third-order valence-electron chi connectivity index (χ3n) is 3.07. The van der Waals surface area contributed by atoms with Crippen molar-refractivity contribution in [3.05, 3.63) is 31.4 Å². The molecule has 2 heterocycles. The normalized spacial score (nSPS) is 11.1. The molecule has 0 saturated heterocycles. The van der Waals surface area contributed by atoms with Crippen LogP contribution in [0, 0.1) is 0 Å². The third kappa shape index (κ3) is 3.08. The molecule has 0 radical (unpaired) electrons. The summed E-state index contributed by atoms with van der Waals surface area (Å²) >= 11 is 0. The van der Waals surface area contributed by atoms with Gasteiger partial charge in [0.1, 0.15) is 6.33 Å². The van der Waals surface area contributed by atoms with E-state index in [0.717, 1.165) is 37.6 Å². The Morgan fingerprint density at radius 3 is 3.00 bits per heavy atom. The van der Waals surface area contributed by atoms with Gasteiger partial charge in [-0.25, -0.2) is 4.98 Å². The highest BCUT2D eigenvalue weighted by Crippen LogP contribution is 2.15. The minimum atomic E-state index is 0.802. The second kappa shape index (κ2) is 6.29. The largest absolute Gasteiger partial charge is 0.352 e. The molecule has 0 aliphatic carbocycles. The summed E-state index contributed by atoms with van der Waals surface area (Å²) in [6.45, 7) is 9.51. The van der Waals surface area contributed by atoms with E-state index in [4.69, 9.17) is 0 Å². The van der Waals surface area contributed by atoms with E-state index in [2.05, 4.69) is 45.5 Å². The highest BCUT2D eigenvalue weighted by molar-refractivity contribution is 5.63. The molecule has 2 rings (SSSR count). The van der Waals surface area contributed by atoms with E-state index < -0.39 is 0 Å². The zero-order valence-corrected chi connectivity index (χ0v) is 11.5. The lowest BCUT2D eigenvalue weighted by Crippen LogP contribution is -2.34. The van der Waals surface area contributed by atoms with Gasteiger partial charge in [0.25, 0.3) is 0 Å². The monoisotopic (exact) mass is 260 g/mol. The van der Waals surface area contributed by atoms with Crippen LogP contribution in [0.5, 0.6) is 0 Å². The zero-order valence-electron chi connectivity index (χ0n) is 11.5. The number of hydrogen-bond acceptors (Lipinski definition) is 5. The van der Waals surface area contributed by atoms with Crippen LogP contribution in [0.15, 0.2) is 31.4 Å². The van der Waals surface area contributed by atoms with Crippen molar-refractivity contribution in [2.24, 2.45) is 0 Å². The standard InChI is InChI=1S/C13H20N6/c1-4-7-17(3)9-10-18(5-2)12-13-16-15-11-19(13)8-6-14-12/h4,6,8,11H,1,5,7,9-10H2,2-3H3. The summed E-state index contributed by atoms with van der Waals surface area (Å²) in [6, 6.07) is 0.